The van der Waals surface area contributed by atoms with Crippen molar-refractivity contribution in [3.05, 3.63) is 252 Å². The lowest BCUT2D eigenvalue weighted by Gasteiger charge is -2.19. The molecule has 4 heterocycles. The van der Waals surface area contributed by atoms with Crippen molar-refractivity contribution in [1.29, 1.82) is 31.6 Å². The lowest BCUT2D eigenvalue weighted by Crippen LogP contribution is -2.01. The Balaban J connectivity index is 1.06. The largest absolute Gasteiger partial charge is 0.309 e. The zero-order valence-corrected chi connectivity index (χ0v) is 43.2. The zero-order chi connectivity index (χ0) is 55.3. The highest BCUT2D eigenvalue weighted by Gasteiger charge is 2.25. The van der Waals surface area contributed by atoms with Crippen LogP contribution in [0.5, 0.6) is 0 Å². The van der Waals surface area contributed by atoms with Gasteiger partial charge in [-0.25, -0.2) is 0 Å². The van der Waals surface area contributed by atoms with Crippen LogP contribution in [0.15, 0.2) is 213 Å². The Hall–Kier alpha value is -12.2. The van der Waals surface area contributed by atoms with Crippen molar-refractivity contribution in [1.82, 2.24) is 19.1 Å². The molecule has 81 heavy (non-hydrogen) atoms. The van der Waals surface area contributed by atoms with Gasteiger partial charge >= 0.3 is 0 Å². The number of rotatable bonds is 8. The lowest BCUT2D eigenvalue weighted by atomic mass is 9.92. The lowest BCUT2D eigenvalue weighted by molar-refractivity contribution is 1.15. The Morgan fingerprint density at radius 3 is 1.65 bits per heavy atom. The van der Waals surface area contributed by atoms with E-state index in [-0.39, 0.29) is 0 Å². The van der Waals surface area contributed by atoms with E-state index in [1.165, 1.54) is 0 Å². The third-order valence-corrected chi connectivity index (χ3v) is 15.1. The average molecular weight is 1030 g/mol. The Bertz CT molecular complexity index is 5020. The summed E-state index contributed by atoms with van der Waals surface area (Å²) in [6.45, 7) is 2.00. The van der Waals surface area contributed by atoms with Crippen LogP contribution < -0.4 is 0 Å². The summed E-state index contributed by atoms with van der Waals surface area (Å²) in [5, 5.41) is 65.7. The second-order valence-electron chi connectivity index (χ2n) is 19.7. The molecule has 0 aliphatic rings. The molecule has 4 aromatic heterocycles. The Morgan fingerprint density at radius 2 is 0.938 bits per heavy atom. The summed E-state index contributed by atoms with van der Waals surface area (Å²) in [5.74, 6) is 0. The molecule has 0 amide bonds. The number of nitrogens with zero attached hydrogens (tertiary/aromatic N) is 10. The van der Waals surface area contributed by atoms with Crippen molar-refractivity contribution >= 4 is 43.6 Å². The third-order valence-electron chi connectivity index (χ3n) is 15.1. The first-order valence-electron chi connectivity index (χ1n) is 25.9. The van der Waals surface area contributed by atoms with Gasteiger partial charge < -0.3 is 9.13 Å². The van der Waals surface area contributed by atoms with E-state index >= 15 is 0 Å². The van der Waals surface area contributed by atoms with Crippen molar-refractivity contribution in [2.75, 3.05) is 0 Å². The van der Waals surface area contributed by atoms with Gasteiger partial charge in [-0.1, -0.05) is 91.0 Å². The van der Waals surface area contributed by atoms with Crippen LogP contribution in [0.4, 0.5) is 0 Å². The van der Waals surface area contributed by atoms with E-state index in [1.54, 1.807) is 42.9 Å². The molecule has 0 unspecified atom stereocenters. The van der Waals surface area contributed by atoms with E-state index in [0.717, 1.165) is 116 Å². The van der Waals surface area contributed by atoms with E-state index in [1.807, 2.05) is 122 Å². The van der Waals surface area contributed by atoms with Gasteiger partial charge in [0.15, 0.2) is 0 Å². The molecule has 0 aliphatic carbocycles. The zero-order valence-electron chi connectivity index (χ0n) is 43.2. The van der Waals surface area contributed by atoms with Gasteiger partial charge in [0.05, 0.1) is 103 Å². The fourth-order valence-electron chi connectivity index (χ4n) is 11.6. The van der Waals surface area contributed by atoms with Gasteiger partial charge in [-0.2, -0.15) is 31.6 Å². The molecule has 0 radical (unpaired) electrons. The first-order valence-corrected chi connectivity index (χ1v) is 25.9. The number of pyridine rings is 2. The molecule has 0 N–H and O–H groups in total. The smallest absolute Gasteiger partial charge is 0.0998 e. The summed E-state index contributed by atoms with van der Waals surface area (Å²) in [4.78, 5) is 9.32. The maximum Gasteiger partial charge on any atom is 0.0998 e. The van der Waals surface area contributed by atoms with Crippen molar-refractivity contribution in [2.24, 2.45) is 0 Å². The molecule has 0 bridgehead atoms. The van der Waals surface area contributed by atoms with Gasteiger partial charge in [0.25, 0.3) is 0 Å². The molecule has 13 rings (SSSR count). The molecule has 0 atom stereocenters. The number of hydrogen-bond acceptors (Lipinski definition) is 8. The molecule has 0 saturated carbocycles. The Kier molecular flexibility index (Phi) is 11.8. The highest BCUT2D eigenvalue weighted by molar-refractivity contribution is 6.17. The van der Waals surface area contributed by atoms with E-state index in [0.29, 0.717) is 44.6 Å². The van der Waals surface area contributed by atoms with Crippen LogP contribution in [-0.4, -0.2) is 19.1 Å². The van der Waals surface area contributed by atoms with Gasteiger partial charge in [-0.05, 0) is 149 Å². The minimum atomic E-state index is 0.376. The van der Waals surface area contributed by atoms with Gasteiger partial charge in [0.2, 0.25) is 0 Å². The molecular weight excluding hydrogens is 993 g/mol. The summed E-state index contributed by atoms with van der Waals surface area (Å²) >= 11 is 0. The van der Waals surface area contributed by atoms with Crippen LogP contribution in [0.2, 0.25) is 0 Å². The standard InChI is InChI=1S/C71H38N10/c1-43-25-54(41-76)61(49-19-22-78-23-20-49)35-67(43)80-66-16-8-14-59(70(66)60-18-17-50(34-68(60)80)52-28-44(37-72)26-45(29-52)38-73)64-33-51(21-24-79-64)62-36-69(63(32-55(62)42-77)48-9-3-2-4-10-48)81-65-15-6-5-11-57(65)58-13-7-12-56(71(58)81)53-30-46(39-74)27-47(31-53)40-75/h2-36H,1H3. The predicted molar refractivity (Wildman–Crippen MR) is 316 cm³/mol. The molecule has 0 saturated heterocycles. The SMILES string of the molecule is Cc1cc(C#N)c(-c2ccncc2)cc1-n1c2cc(-c3cc(C#N)cc(C#N)c3)ccc2c2c(-c3cc(-c4cc(-n5c6ccccc6c6cccc(-c7cc(C#N)cc(C#N)c7)c65)c(-c5ccccc5)cc4C#N)ccn3)cccc21. The molecule has 0 fully saturated rings. The summed E-state index contributed by atoms with van der Waals surface area (Å²) in [6, 6.07) is 76.8. The maximum absolute atomic E-state index is 11.2. The summed E-state index contributed by atoms with van der Waals surface area (Å²) in [5.41, 5.74) is 17.9. The van der Waals surface area contributed by atoms with Gasteiger partial charge in [0.1, 0.15) is 0 Å². The minimum absolute atomic E-state index is 0.376. The number of nitriles is 6. The van der Waals surface area contributed by atoms with Crippen molar-refractivity contribution in [3.8, 4) is 115 Å². The number of benzene rings is 9. The number of para-hydroxylation sites is 2. The second-order valence-corrected chi connectivity index (χ2v) is 19.7. The van der Waals surface area contributed by atoms with Crippen molar-refractivity contribution in [3.63, 3.8) is 0 Å². The summed E-state index contributed by atoms with van der Waals surface area (Å²) < 4.78 is 4.45. The van der Waals surface area contributed by atoms with Gasteiger partial charge in [-0.15, -0.1) is 0 Å². The Labute approximate surface area is 465 Å². The van der Waals surface area contributed by atoms with Crippen LogP contribution in [-0.2, 0) is 0 Å². The first kappa shape index (κ1) is 48.5. The minimum Gasteiger partial charge on any atom is -0.309 e. The summed E-state index contributed by atoms with van der Waals surface area (Å²) in [6.07, 6.45) is 5.20. The molecule has 10 nitrogen and oxygen atoms in total. The second kappa shape index (κ2) is 19.8. The third kappa shape index (κ3) is 8.15. The number of aryl methyl sites for hydroxylation is 1. The van der Waals surface area contributed by atoms with E-state index in [4.69, 9.17) is 4.98 Å². The van der Waals surface area contributed by atoms with E-state index in [9.17, 15) is 31.6 Å². The molecule has 372 valence electrons. The van der Waals surface area contributed by atoms with Crippen LogP contribution in [0, 0.1) is 74.9 Å². The molecular formula is C71H38N10. The number of fused-ring (bicyclic) bond motifs is 6. The van der Waals surface area contributed by atoms with Crippen LogP contribution in [0.1, 0.15) is 38.9 Å². The molecule has 13 aromatic rings. The molecule has 9 aromatic carbocycles. The quantitative estimate of drug-likeness (QED) is 0.144. The first-order chi connectivity index (χ1) is 39.8. The molecule has 10 heteroatoms. The van der Waals surface area contributed by atoms with Crippen molar-refractivity contribution in [2.45, 2.75) is 6.92 Å². The topological polar surface area (TPSA) is 178 Å². The highest BCUT2D eigenvalue weighted by Crippen LogP contribution is 2.45. The predicted octanol–water partition coefficient (Wildman–Crippen LogP) is 16.2. The van der Waals surface area contributed by atoms with Gasteiger partial charge in [0, 0.05) is 73.6 Å². The number of aromatic nitrogens is 4. The van der Waals surface area contributed by atoms with Crippen molar-refractivity contribution < 1.29 is 0 Å². The summed E-state index contributed by atoms with van der Waals surface area (Å²) in [7, 11) is 0. The normalized spacial score (nSPS) is 11.0. The Morgan fingerprint density at radius 1 is 0.346 bits per heavy atom. The molecule has 0 spiro atoms. The van der Waals surface area contributed by atoms with Crippen LogP contribution >= 0.6 is 0 Å². The van der Waals surface area contributed by atoms with E-state index < -0.39 is 0 Å². The van der Waals surface area contributed by atoms with E-state index in [2.05, 4.69) is 105 Å². The monoisotopic (exact) mass is 1030 g/mol. The fraction of sp³-hybridized carbons (Fsp3) is 0.0141. The van der Waals surface area contributed by atoms with Crippen LogP contribution in [0.25, 0.3) is 122 Å². The number of hydrogen-bond donors (Lipinski definition) is 0. The average Bonchev–Trinajstić information content (AvgIpc) is 4.26. The van der Waals surface area contributed by atoms with Gasteiger partial charge in [-0.3, -0.25) is 9.97 Å². The maximum atomic E-state index is 11.2. The van der Waals surface area contributed by atoms with Crippen LogP contribution in [0.3, 0.4) is 0 Å². The molecule has 0 aliphatic heterocycles. The fourth-order valence-corrected chi connectivity index (χ4v) is 11.6. The highest BCUT2D eigenvalue weighted by atomic mass is 15.0.